The topological polar surface area (TPSA) is 56.3 Å². The maximum Gasteiger partial charge on any atom is 0.219 e. The summed E-state index contributed by atoms with van der Waals surface area (Å²) in [5.74, 6) is 2.12. The second-order valence-electron chi connectivity index (χ2n) is 4.85. The number of ether oxygens (including phenoxy) is 2. The molecule has 0 atom stereocenters. The molecule has 0 unspecified atom stereocenters. The molecule has 106 valence electrons. The summed E-state index contributed by atoms with van der Waals surface area (Å²) in [5, 5.41) is 3.20. The van der Waals surface area contributed by atoms with Crippen LogP contribution in [-0.4, -0.2) is 29.7 Å². The summed E-state index contributed by atoms with van der Waals surface area (Å²) in [6.45, 7) is 3.27. The van der Waals surface area contributed by atoms with E-state index in [4.69, 9.17) is 9.47 Å². The molecule has 1 saturated carbocycles. The van der Waals surface area contributed by atoms with E-state index < -0.39 is 0 Å². The van der Waals surface area contributed by atoms with Gasteiger partial charge in [0.05, 0.1) is 0 Å². The molecular formula is C14H23N3O2. The van der Waals surface area contributed by atoms with Crippen molar-refractivity contribution < 1.29 is 9.47 Å². The Morgan fingerprint density at radius 3 is 2.74 bits per heavy atom. The van der Waals surface area contributed by atoms with Crippen LogP contribution < -0.4 is 10.1 Å². The van der Waals surface area contributed by atoms with E-state index in [-0.39, 0.29) is 0 Å². The lowest BCUT2D eigenvalue weighted by molar-refractivity contribution is 0.144. The average molecular weight is 265 g/mol. The Morgan fingerprint density at radius 2 is 2.05 bits per heavy atom. The van der Waals surface area contributed by atoms with Gasteiger partial charge in [0, 0.05) is 19.7 Å². The molecule has 1 N–H and O–H groups in total. The minimum Gasteiger partial charge on any atom is -0.474 e. The van der Waals surface area contributed by atoms with Gasteiger partial charge in [-0.25, -0.2) is 4.98 Å². The predicted molar refractivity (Wildman–Crippen MR) is 74.4 cm³/mol. The molecule has 0 spiro atoms. The first-order valence-electron chi connectivity index (χ1n) is 7.09. The van der Waals surface area contributed by atoms with Gasteiger partial charge in [0.25, 0.3) is 0 Å². The second kappa shape index (κ2) is 7.28. The van der Waals surface area contributed by atoms with Crippen molar-refractivity contribution in [1.29, 1.82) is 0 Å². The summed E-state index contributed by atoms with van der Waals surface area (Å²) in [4.78, 5) is 8.78. The largest absolute Gasteiger partial charge is 0.474 e. The summed E-state index contributed by atoms with van der Waals surface area (Å²) in [6.07, 6.45) is 6.37. The van der Waals surface area contributed by atoms with Gasteiger partial charge in [-0.05, 0) is 32.6 Å². The van der Waals surface area contributed by atoms with Gasteiger partial charge < -0.3 is 14.8 Å². The fraction of sp³-hybridized carbons (Fsp3) is 0.714. The van der Waals surface area contributed by atoms with E-state index in [2.05, 4.69) is 15.3 Å². The highest BCUT2D eigenvalue weighted by Gasteiger charge is 2.16. The molecule has 19 heavy (non-hydrogen) atoms. The van der Waals surface area contributed by atoms with Crippen LogP contribution in [0.5, 0.6) is 5.88 Å². The molecule has 1 aliphatic carbocycles. The minimum absolute atomic E-state index is 0.300. The first kappa shape index (κ1) is 14.1. The van der Waals surface area contributed by atoms with Crippen LogP contribution in [0, 0.1) is 0 Å². The molecule has 0 saturated heterocycles. The third kappa shape index (κ3) is 4.35. The van der Waals surface area contributed by atoms with Crippen LogP contribution in [0.25, 0.3) is 0 Å². The minimum atomic E-state index is 0.300. The molecule has 2 rings (SSSR count). The predicted octanol–water partition coefficient (Wildman–Crippen LogP) is 2.77. The first-order chi connectivity index (χ1) is 9.31. The van der Waals surface area contributed by atoms with Gasteiger partial charge >= 0.3 is 0 Å². The maximum absolute atomic E-state index is 5.98. The van der Waals surface area contributed by atoms with Gasteiger partial charge in [-0.2, -0.15) is 4.98 Å². The van der Waals surface area contributed by atoms with Crippen molar-refractivity contribution in [3.8, 4) is 5.88 Å². The van der Waals surface area contributed by atoms with Crippen molar-refractivity contribution >= 4 is 5.82 Å². The van der Waals surface area contributed by atoms with Crippen molar-refractivity contribution in [2.45, 2.75) is 51.7 Å². The number of nitrogens with zero attached hydrogens (tertiary/aromatic N) is 2. The fourth-order valence-electron chi connectivity index (χ4n) is 2.35. The number of hydrogen-bond acceptors (Lipinski definition) is 5. The highest BCUT2D eigenvalue weighted by molar-refractivity contribution is 5.38. The molecule has 1 aliphatic rings. The van der Waals surface area contributed by atoms with Crippen LogP contribution in [-0.2, 0) is 11.3 Å². The summed E-state index contributed by atoms with van der Waals surface area (Å²) in [5.41, 5.74) is 0. The summed E-state index contributed by atoms with van der Waals surface area (Å²) in [7, 11) is 1.64. The molecule has 0 aromatic carbocycles. The van der Waals surface area contributed by atoms with Crippen LogP contribution in [0.2, 0.25) is 0 Å². The normalized spacial score (nSPS) is 16.3. The van der Waals surface area contributed by atoms with E-state index in [0.717, 1.165) is 25.2 Å². The highest BCUT2D eigenvalue weighted by atomic mass is 16.5. The van der Waals surface area contributed by atoms with E-state index in [9.17, 15) is 0 Å². The second-order valence-corrected chi connectivity index (χ2v) is 4.85. The van der Waals surface area contributed by atoms with Crippen molar-refractivity contribution in [2.75, 3.05) is 19.0 Å². The standard InChI is InChI=1S/C14H23N3O2/c1-3-15-12-9-14(17-13(16-12)10-18-2)19-11-7-5-4-6-8-11/h9,11H,3-8,10H2,1-2H3,(H,15,16,17). The monoisotopic (exact) mass is 265 g/mol. The van der Waals surface area contributed by atoms with Gasteiger partial charge in [-0.15, -0.1) is 0 Å². The number of anilines is 1. The molecule has 0 bridgehead atoms. The zero-order chi connectivity index (χ0) is 13.5. The Bertz CT molecular complexity index is 368. The molecule has 5 heteroatoms. The number of aromatic nitrogens is 2. The average Bonchev–Trinajstić information content (AvgIpc) is 2.40. The third-order valence-electron chi connectivity index (χ3n) is 3.22. The van der Waals surface area contributed by atoms with Gasteiger partial charge in [-0.3, -0.25) is 0 Å². The van der Waals surface area contributed by atoms with E-state index in [1.54, 1.807) is 7.11 Å². The van der Waals surface area contributed by atoms with Crippen molar-refractivity contribution in [1.82, 2.24) is 9.97 Å². The van der Waals surface area contributed by atoms with Crippen LogP contribution in [0.3, 0.4) is 0 Å². The van der Waals surface area contributed by atoms with E-state index in [1.165, 1.54) is 19.3 Å². The van der Waals surface area contributed by atoms with Gasteiger partial charge in [0.1, 0.15) is 18.5 Å². The summed E-state index contributed by atoms with van der Waals surface area (Å²) >= 11 is 0. The van der Waals surface area contributed by atoms with Crippen LogP contribution in [0.4, 0.5) is 5.82 Å². The molecule has 1 aromatic rings. The lowest BCUT2D eigenvalue weighted by atomic mass is 9.98. The number of nitrogens with one attached hydrogen (secondary N) is 1. The third-order valence-corrected chi connectivity index (χ3v) is 3.22. The molecule has 0 amide bonds. The van der Waals surface area contributed by atoms with E-state index in [1.807, 2.05) is 13.0 Å². The van der Waals surface area contributed by atoms with Crippen LogP contribution in [0.15, 0.2) is 6.07 Å². The zero-order valence-corrected chi connectivity index (χ0v) is 11.8. The van der Waals surface area contributed by atoms with Crippen LogP contribution in [0.1, 0.15) is 44.9 Å². The Morgan fingerprint density at radius 1 is 1.26 bits per heavy atom. The van der Waals surface area contributed by atoms with Gasteiger partial charge in [0.2, 0.25) is 5.88 Å². The maximum atomic E-state index is 5.98. The molecule has 0 radical (unpaired) electrons. The Kier molecular flexibility index (Phi) is 5.39. The van der Waals surface area contributed by atoms with Gasteiger partial charge in [-0.1, -0.05) is 6.42 Å². The summed E-state index contributed by atoms with van der Waals surface area (Å²) in [6, 6.07) is 1.87. The van der Waals surface area contributed by atoms with Crippen molar-refractivity contribution in [3.63, 3.8) is 0 Å². The Labute approximate surface area is 114 Å². The summed E-state index contributed by atoms with van der Waals surface area (Å²) < 4.78 is 11.1. The molecule has 1 aromatic heterocycles. The molecular weight excluding hydrogens is 242 g/mol. The van der Waals surface area contributed by atoms with Crippen molar-refractivity contribution in [2.24, 2.45) is 0 Å². The number of hydrogen-bond donors (Lipinski definition) is 1. The lowest BCUT2D eigenvalue weighted by Gasteiger charge is -2.22. The number of rotatable bonds is 6. The van der Waals surface area contributed by atoms with Crippen LogP contribution >= 0.6 is 0 Å². The SMILES string of the molecule is CCNc1cc(OC2CCCCC2)nc(COC)n1. The smallest absolute Gasteiger partial charge is 0.219 e. The number of methoxy groups -OCH3 is 1. The van der Waals surface area contributed by atoms with E-state index >= 15 is 0 Å². The van der Waals surface area contributed by atoms with E-state index in [0.29, 0.717) is 24.4 Å². The fourth-order valence-corrected chi connectivity index (χ4v) is 2.35. The zero-order valence-electron chi connectivity index (χ0n) is 11.8. The first-order valence-corrected chi connectivity index (χ1v) is 7.09. The quantitative estimate of drug-likeness (QED) is 0.857. The molecule has 1 fully saturated rings. The highest BCUT2D eigenvalue weighted by Crippen LogP contribution is 2.23. The Balaban J connectivity index is 2.08. The molecule has 0 aliphatic heterocycles. The Hall–Kier alpha value is -1.36. The molecule has 5 nitrogen and oxygen atoms in total. The lowest BCUT2D eigenvalue weighted by Crippen LogP contribution is -2.20. The molecule has 1 heterocycles. The van der Waals surface area contributed by atoms with Crippen molar-refractivity contribution in [3.05, 3.63) is 11.9 Å². The van der Waals surface area contributed by atoms with Gasteiger partial charge in [0.15, 0.2) is 5.82 Å².